The molecule has 0 radical (unpaired) electrons. The second-order valence-corrected chi connectivity index (χ2v) is 6.28. The molecule has 0 amide bonds. The van der Waals surface area contributed by atoms with Gasteiger partial charge in [0.05, 0.1) is 21.8 Å². The lowest BCUT2D eigenvalue weighted by atomic mass is 10.1. The van der Waals surface area contributed by atoms with Gasteiger partial charge in [0, 0.05) is 26.2 Å². The summed E-state index contributed by atoms with van der Waals surface area (Å²) in [5.41, 5.74) is 1.74. The van der Waals surface area contributed by atoms with Crippen LogP contribution in [0.3, 0.4) is 0 Å². The van der Waals surface area contributed by atoms with Gasteiger partial charge < -0.3 is 15.4 Å². The highest BCUT2D eigenvalue weighted by Crippen LogP contribution is 2.34. The first-order valence-electron chi connectivity index (χ1n) is 6.23. The van der Waals surface area contributed by atoms with Crippen LogP contribution in [0.15, 0.2) is 12.1 Å². The van der Waals surface area contributed by atoms with Gasteiger partial charge in [0.2, 0.25) is 0 Å². The minimum absolute atomic E-state index is 0. The Kier molecular flexibility index (Phi) is 8.22. The monoisotopic (exact) mass is 340 g/mol. The number of benzene rings is 1. The van der Waals surface area contributed by atoms with Crippen molar-refractivity contribution in [3.8, 4) is 0 Å². The maximum atomic E-state index is 6.20. The van der Waals surface area contributed by atoms with Gasteiger partial charge in [0.1, 0.15) is 0 Å². The van der Waals surface area contributed by atoms with E-state index in [1.165, 1.54) is 0 Å². The zero-order valence-electron chi connectivity index (χ0n) is 12.5. The average molecular weight is 342 g/mol. The molecule has 0 aliphatic heterocycles. The standard InChI is InChI=1S/C14H22Cl2N2O.ClH/c1-14(2,3)18-8-12(19-5)9-6-10(15)13(17-4)11(16)7-9;/h6-7,12,17-18H,8H2,1-5H3;1H. The molecule has 0 aliphatic rings. The van der Waals surface area contributed by atoms with Crippen molar-refractivity contribution >= 4 is 41.3 Å². The molecule has 1 aromatic carbocycles. The van der Waals surface area contributed by atoms with Crippen molar-refractivity contribution in [3.63, 3.8) is 0 Å². The van der Waals surface area contributed by atoms with Gasteiger partial charge in [-0.3, -0.25) is 0 Å². The van der Waals surface area contributed by atoms with Gasteiger partial charge in [-0.1, -0.05) is 23.2 Å². The van der Waals surface area contributed by atoms with Crippen LogP contribution in [0.5, 0.6) is 0 Å². The van der Waals surface area contributed by atoms with Crippen molar-refractivity contribution in [3.05, 3.63) is 27.7 Å². The minimum atomic E-state index is -0.0832. The molecule has 1 atom stereocenters. The van der Waals surface area contributed by atoms with E-state index in [-0.39, 0.29) is 24.0 Å². The molecular weight excluding hydrogens is 319 g/mol. The molecule has 0 aliphatic carbocycles. The molecule has 116 valence electrons. The first kappa shape index (κ1) is 19.8. The molecule has 0 heterocycles. The molecule has 1 aromatic rings. The normalized spacial score (nSPS) is 12.8. The van der Waals surface area contributed by atoms with Crippen LogP contribution in [0, 0.1) is 0 Å². The first-order valence-corrected chi connectivity index (χ1v) is 6.98. The molecule has 0 bridgehead atoms. The van der Waals surface area contributed by atoms with E-state index in [9.17, 15) is 0 Å². The molecule has 2 N–H and O–H groups in total. The van der Waals surface area contributed by atoms with Gasteiger partial charge in [0.25, 0.3) is 0 Å². The van der Waals surface area contributed by atoms with Gasteiger partial charge >= 0.3 is 0 Å². The third kappa shape index (κ3) is 5.66. The van der Waals surface area contributed by atoms with Crippen LogP contribution in [0.2, 0.25) is 10.0 Å². The third-order valence-corrected chi connectivity index (χ3v) is 3.38. The zero-order valence-corrected chi connectivity index (χ0v) is 14.8. The maximum Gasteiger partial charge on any atom is 0.0946 e. The van der Waals surface area contributed by atoms with Crippen molar-refractivity contribution in [2.24, 2.45) is 0 Å². The van der Waals surface area contributed by atoms with Crippen LogP contribution < -0.4 is 10.6 Å². The summed E-state index contributed by atoms with van der Waals surface area (Å²) in [7, 11) is 3.48. The smallest absolute Gasteiger partial charge is 0.0946 e. The highest BCUT2D eigenvalue weighted by Gasteiger charge is 2.17. The Labute approximate surface area is 137 Å². The van der Waals surface area contributed by atoms with Crippen LogP contribution in [0.25, 0.3) is 0 Å². The Morgan fingerprint density at radius 2 is 1.70 bits per heavy atom. The van der Waals surface area contributed by atoms with Crippen molar-refractivity contribution < 1.29 is 4.74 Å². The Morgan fingerprint density at radius 3 is 2.05 bits per heavy atom. The molecule has 0 aromatic heterocycles. The lowest BCUT2D eigenvalue weighted by molar-refractivity contribution is 0.0959. The Balaban J connectivity index is 0.00000361. The van der Waals surface area contributed by atoms with Crippen LogP contribution in [0.1, 0.15) is 32.4 Å². The van der Waals surface area contributed by atoms with Crippen molar-refractivity contribution in [2.45, 2.75) is 32.4 Å². The molecule has 1 rings (SSSR count). The van der Waals surface area contributed by atoms with Crippen molar-refractivity contribution in [1.29, 1.82) is 0 Å². The first-order chi connectivity index (χ1) is 8.78. The molecule has 20 heavy (non-hydrogen) atoms. The minimum Gasteiger partial charge on any atom is -0.386 e. The van der Waals surface area contributed by atoms with E-state index >= 15 is 0 Å². The Morgan fingerprint density at radius 1 is 1.20 bits per heavy atom. The van der Waals surface area contributed by atoms with Gasteiger partial charge in [-0.25, -0.2) is 0 Å². The summed E-state index contributed by atoms with van der Waals surface area (Å²) in [6, 6.07) is 3.77. The fourth-order valence-corrected chi connectivity index (χ4v) is 2.45. The lowest BCUT2D eigenvalue weighted by Crippen LogP contribution is -2.38. The lowest BCUT2D eigenvalue weighted by Gasteiger charge is -2.25. The number of methoxy groups -OCH3 is 1. The predicted molar refractivity (Wildman–Crippen MR) is 90.8 cm³/mol. The van der Waals surface area contributed by atoms with Crippen LogP contribution in [-0.2, 0) is 4.74 Å². The van der Waals surface area contributed by atoms with Crippen LogP contribution >= 0.6 is 35.6 Å². The summed E-state index contributed by atoms with van der Waals surface area (Å²) < 4.78 is 5.52. The summed E-state index contributed by atoms with van der Waals surface area (Å²) in [6.07, 6.45) is -0.0832. The number of ether oxygens (including phenoxy) is 1. The SMILES string of the molecule is CNc1c(Cl)cc(C(CNC(C)(C)C)OC)cc1Cl.Cl. The molecule has 3 nitrogen and oxygen atoms in total. The van der Waals surface area contributed by atoms with E-state index in [1.54, 1.807) is 14.2 Å². The van der Waals surface area contributed by atoms with E-state index in [0.717, 1.165) is 11.3 Å². The molecule has 0 spiro atoms. The van der Waals surface area contributed by atoms with E-state index in [2.05, 4.69) is 31.4 Å². The van der Waals surface area contributed by atoms with Gasteiger partial charge in [-0.05, 0) is 38.5 Å². The highest BCUT2D eigenvalue weighted by atomic mass is 35.5. The summed E-state index contributed by atoms with van der Waals surface area (Å²) in [4.78, 5) is 0. The summed E-state index contributed by atoms with van der Waals surface area (Å²) in [6.45, 7) is 7.04. The number of halogens is 3. The topological polar surface area (TPSA) is 33.3 Å². The Hall–Kier alpha value is -0.190. The fourth-order valence-electron chi connectivity index (χ4n) is 1.75. The molecule has 6 heteroatoms. The van der Waals surface area contributed by atoms with E-state index in [0.29, 0.717) is 16.6 Å². The van der Waals surface area contributed by atoms with Crippen LogP contribution in [0.4, 0.5) is 5.69 Å². The second-order valence-electron chi connectivity index (χ2n) is 5.46. The van der Waals surface area contributed by atoms with E-state index < -0.39 is 0 Å². The molecule has 1 unspecified atom stereocenters. The zero-order chi connectivity index (χ0) is 14.6. The molecular formula is C14H23Cl3N2O. The van der Waals surface area contributed by atoms with Crippen LogP contribution in [-0.4, -0.2) is 26.2 Å². The van der Waals surface area contributed by atoms with E-state index in [1.807, 2.05) is 12.1 Å². The number of rotatable bonds is 5. The highest BCUT2D eigenvalue weighted by molar-refractivity contribution is 6.39. The second kappa shape index (κ2) is 8.30. The summed E-state index contributed by atoms with van der Waals surface area (Å²) in [5, 5.41) is 7.60. The van der Waals surface area contributed by atoms with Gasteiger partial charge in [0.15, 0.2) is 0 Å². The quantitative estimate of drug-likeness (QED) is 0.825. The number of anilines is 1. The van der Waals surface area contributed by atoms with Gasteiger partial charge in [-0.2, -0.15) is 0 Å². The fraction of sp³-hybridized carbons (Fsp3) is 0.571. The van der Waals surface area contributed by atoms with Crippen molar-refractivity contribution in [1.82, 2.24) is 5.32 Å². The predicted octanol–water partition coefficient (Wildman–Crippen LogP) is 4.53. The number of hydrogen-bond acceptors (Lipinski definition) is 3. The molecule has 0 saturated carbocycles. The van der Waals surface area contributed by atoms with E-state index in [4.69, 9.17) is 27.9 Å². The summed E-state index contributed by atoms with van der Waals surface area (Å²) >= 11 is 12.4. The number of hydrogen-bond donors (Lipinski definition) is 2. The molecule has 0 fully saturated rings. The van der Waals surface area contributed by atoms with Gasteiger partial charge in [-0.15, -0.1) is 12.4 Å². The average Bonchev–Trinajstić information content (AvgIpc) is 2.28. The maximum absolute atomic E-state index is 6.20. The van der Waals surface area contributed by atoms with Crippen molar-refractivity contribution in [2.75, 3.05) is 26.0 Å². The Bertz CT molecular complexity index is 410. The molecule has 0 saturated heterocycles. The summed E-state index contributed by atoms with van der Waals surface area (Å²) in [5.74, 6) is 0. The largest absolute Gasteiger partial charge is 0.386 e. The third-order valence-electron chi connectivity index (χ3n) is 2.79. The number of nitrogens with one attached hydrogen (secondary N) is 2.